The van der Waals surface area contributed by atoms with Crippen LogP contribution >= 0.6 is 11.6 Å². The van der Waals surface area contributed by atoms with Gasteiger partial charge in [0, 0.05) is 17.0 Å². The van der Waals surface area contributed by atoms with E-state index in [-0.39, 0.29) is 17.4 Å². The Morgan fingerprint density at radius 2 is 1.83 bits per heavy atom. The van der Waals surface area contributed by atoms with Crippen LogP contribution in [0.3, 0.4) is 0 Å². The van der Waals surface area contributed by atoms with Crippen LogP contribution in [-0.2, 0) is 14.6 Å². The molecule has 0 aliphatic heterocycles. The van der Waals surface area contributed by atoms with Crippen molar-refractivity contribution in [3.63, 3.8) is 0 Å². The van der Waals surface area contributed by atoms with Gasteiger partial charge >= 0.3 is 0 Å². The van der Waals surface area contributed by atoms with Crippen molar-refractivity contribution in [1.82, 2.24) is 0 Å². The predicted molar refractivity (Wildman–Crippen MR) is 89.9 cm³/mol. The minimum atomic E-state index is -3.25. The van der Waals surface area contributed by atoms with Crippen LogP contribution in [0.5, 0.6) is 5.75 Å². The van der Waals surface area contributed by atoms with Gasteiger partial charge in [0.15, 0.2) is 16.4 Å². The molecule has 0 aliphatic rings. The summed E-state index contributed by atoms with van der Waals surface area (Å²) in [5.41, 5.74) is 1.40. The van der Waals surface area contributed by atoms with Crippen LogP contribution in [0.4, 0.5) is 5.69 Å². The SMILES string of the molecule is Cc1c(Cl)cccc1NC(=O)COc1ccc(S(C)(=O)=O)cc1. The number of carbonyl (C=O) groups is 1. The highest BCUT2D eigenvalue weighted by Crippen LogP contribution is 2.23. The Labute approximate surface area is 140 Å². The van der Waals surface area contributed by atoms with Crippen molar-refractivity contribution in [2.24, 2.45) is 0 Å². The number of anilines is 1. The van der Waals surface area contributed by atoms with Crippen molar-refractivity contribution >= 4 is 33.0 Å². The summed E-state index contributed by atoms with van der Waals surface area (Å²) in [5, 5.41) is 3.28. The molecule has 23 heavy (non-hydrogen) atoms. The third-order valence-corrected chi connectivity index (χ3v) is 4.70. The Balaban J connectivity index is 1.95. The molecular weight excluding hydrogens is 338 g/mol. The largest absolute Gasteiger partial charge is 0.484 e. The second-order valence-electron chi connectivity index (χ2n) is 4.99. The normalized spacial score (nSPS) is 11.1. The number of hydrogen-bond acceptors (Lipinski definition) is 4. The van der Waals surface area contributed by atoms with Gasteiger partial charge in [0.2, 0.25) is 0 Å². The number of halogens is 1. The van der Waals surface area contributed by atoms with Crippen molar-refractivity contribution in [2.75, 3.05) is 18.2 Å². The van der Waals surface area contributed by atoms with E-state index >= 15 is 0 Å². The average molecular weight is 354 g/mol. The lowest BCUT2D eigenvalue weighted by Gasteiger charge is -2.10. The molecule has 0 spiro atoms. The maximum atomic E-state index is 11.9. The molecule has 1 amide bonds. The van der Waals surface area contributed by atoms with Crippen molar-refractivity contribution in [1.29, 1.82) is 0 Å². The number of sulfone groups is 1. The van der Waals surface area contributed by atoms with Crippen LogP contribution in [0, 0.1) is 6.92 Å². The molecule has 0 fully saturated rings. The molecule has 0 heterocycles. The first kappa shape index (κ1) is 17.3. The summed E-state index contributed by atoms with van der Waals surface area (Å²) in [5.74, 6) is 0.0814. The van der Waals surface area contributed by atoms with E-state index < -0.39 is 9.84 Å². The van der Waals surface area contributed by atoms with E-state index in [1.54, 1.807) is 18.2 Å². The van der Waals surface area contributed by atoms with E-state index in [1.807, 2.05) is 6.92 Å². The number of carbonyl (C=O) groups excluding carboxylic acids is 1. The summed E-state index contributed by atoms with van der Waals surface area (Å²) in [4.78, 5) is 12.1. The molecule has 7 heteroatoms. The summed E-state index contributed by atoms with van der Waals surface area (Å²) in [6.07, 6.45) is 1.13. The van der Waals surface area contributed by atoms with E-state index in [0.717, 1.165) is 11.8 Å². The smallest absolute Gasteiger partial charge is 0.262 e. The first-order chi connectivity index (χ1) is 10.8. The molecule has 0 radical (unpaired) electrons. The number of ether oxygens (including phenoxy) is 1. The molecule has 0 bridgehead atoms. The number of hydrogen-bond donors (Lipinski definition) is 1. The maximum absolute atomic E-state index is 11.9. The third-order valence-electron chi connectivity index (χ3n) is 3.16. The second-order valence-corrected chi connectivity index (χ2v) is 7.42. The molecule has 1 N–H and O–H groups in total. The first-order valence-corrected chi connectivity index (χ1v) is 9.02. The fraction of sp³-hybridized carbons (Fsp3) is 0.188. The Hall–Kier alpha value is -2.05. The molecule has 5 nitrogen and oxygen atoms in total. The lowest BCUT2D eigenvalue weighted by Crippen LogP contribution is -2.20. The van der Waals surface area contributed by atoms with E-state index in [0.29, 0.717) is 16.5 Å². The Morgan fingerprint density at radius 3 is 2.43 bits per heavy atom. The maximum Gasteiger partial charge on any atom is 0.262 e. The van der Waals surface area contributed by atoms with Gasteiger partial charge in [-0.1, -0.05) is 17.7 Å². The van der Waals surface area contributed by atoms with Crippen LogP contribution in [-0.4, -0.2) is 27.2 Å². The highest BCUT2D eigenvalue weighted by atomic mass is 35.5. The standard InChI is InChI=1S/C16H16ClNO4S/c1-11-14(17)4-3-5-15(11)18-16(19)10-22-12-6-8-13(9-7-12)23(2,20)21/h3-9H,10H2,1-2H3,(H,18,19). The van der Waals surface area contributed by atoms with Crippen LogP contribution in [0.1, 0.15) is 5.56 Å². The van der Waals surface area contributed by atoms with Gasteiger partial charge in [0.1, 0.15) is 5.75 Å². The molecule has 2 aromatic rings. The van der Waals surface area contributed by atoms with E-state index in [2.05, 4.69) is 5.32 Å². The van der Waals surface area contributed by atoms with Crippen molar-refractivity contribution in [2.45, 2.75) is 11.8 Å². The third kappa shape index (κ3) is 4.71. The average Bonchev–Trinajstić information content (AvgIpc) is 2.49. The quantitative estimate of drug-likeness (QED) is 0.896. The lowest BCUT2D eigenvalue weighted by molar-refractivity contribution is -0.118. The fourth-order valence-electron chi connectivity index (χ4n) is 1.86. The van der Waals surface area contributed by atoms with Gasteiger partial charge in [-0.05, 0) is 48.9 Å². The molecule has 2 aromatic carbocycles. The Morgan fingerprint density at radius 1 is 1.17 bits per heavy atom. The second kappa shape index (κ2) is 7.02. The van der Waals surface area contributed by atoms with Crippen LogP contribution in [0.15, 0.2) is 47.4 Å². The van der Waals surface area contributed by atoms with Crippen molar-refractivity contribution in [3.05, 3.63) is 53.1 Å². The predicted octanol–water partition coefficient (Wildman–Crippen LogP) is 3.07. The minimum absolute atomic E-state index is 0.190. The first-order valence-electron chi connectivity index (χ1n) is 6.75. The Bertz CT molecular complexity index is 816. The summed E-state index contributed by atoms with van der Waals surface area (Å²) in [6.45, 7) is 1.62. The zero-order valence-electron chi connectivity index (χ0n) is 12.7. The molecule has 0 aromatic heterocycles. The zero-order valence-corrected chi connectivity index (χ0v) is 14.2. The van der Waals surface area contributed by atoms with Gasteiger partial charge in [0.25, 0.3) is 5.91 Å². The molecular formula is C16H16ClNO4S. The summed E-state index contributed by atoms with van der Waals surface area (Å²) in [6, 6.07) is 11.1. The van der Waals surface area contributed by atoms with Gasteiger partial charge in [0.05, 0.1) is 4.90 Å². The molecule has 0 aliphatic carbocycles. The van der Waals surface area contributed by atoms with Gasteiger partial charge in [-0.15, -0.1) is 0 Å². The monoisotopic (exact) mass is 353 g/mol. The van der Waals surface area contributed by atoms with Crippen LogP contribution in [0.2, 0.25) is 5.02 Å². The molecule has 0 atom stereocenters. The van der Waals surface area contributed by atoms with E-state index in [4.69, 9.17) is 16.3 Å². The number of amides is 1. The van der Waals surface area contributed by atoms with Gasteiger partial charge in [-0.3, -0.25) is 4.79 Å². The van der Waals surface area contributed by atoms with E-state index in [9.17, 15) is 13.2 Å². The molecule has 0 saturated carbocycles. The van der Waals surface area contributed by atoms with E-state index in [1.165, 1.54) is 24.3 Å². The minimum Gasteiger partial charge on any atom is -0.484 e. The molecule has 2 rings (SSSR count). The molecule has 0 unspecified atom stereocenters. The molecule has 122 valence electrons. The topological polar surface area (TPSA) is 72.5 Å². The van der Waals surface area contributed by atoms with Gasteiger partial charge in [-0.25, -0.2) is 8.42 Å². The van der Waals surface area contributed by atoms with Gasteiger partial charge < -0.3 is 10.1 Å². The number of benzene rings is 2. The fourth-order valence-corrected chi connectivity index (χ4v) is 2.67. The summed E-state index contributed by atoms with van der Waals surface area (Å²) < 4.78 is 28.1. The van der Waals surface area contributed by atoms with Crippen LogP contribution in [0.25, 0.3) is 0 Å². The summed E-state index contributed by atoms with van der Waals surface area (Å²) >= 11 is 5.99. The highest BCUT2D eigenvalue weighted by molar-refractivity contribution is 7.90. The molecule has 0 saturated heterocycles. The highest BCUT2D eigenvalue weighted by Gasteiger charge is 2.09. The number of nitrogens with one attached hydrogen (secondary N) is 1. The van der Waals surface area contributed by atoms with Gasteiger partial charge in [-0.2, -0.15) is 0 Å². The van der Waals surface area contributed by atoms with Crippen molar-refractivity contribution in [3.8, 4) is 5.75 Å². The Kier molecular flexibility index (Phi) is 5.28. The summed E-state index contributed by atoms with van der Waals surface area (Å²) in [7, 11) is -3.25. The zero-order chi connectivity index (χ0) is 17.0. The van der Waals surface area contributed by atoms with Crippen molar-refractivity contribution < 1.29 is 17.9 Å². The van der Waals surface area contributed by atoms with Crippen LogP contribution < -0.4 is 10.1 Å². The lowest BCUT2D eigenvalue weighted by atomic mass is 10.2. The number of rotatable bonds is 5.